The van der Waals surface area contributed by atoms with Gasteiger partial charge in [-0.15, -0.1) is 0 Å². The fourth-order valence-electron chi connectivity index (χ4n) is 4.04. The van der Waals surface area contributed by atoms with E-state index in [1.807, 2.05) is 60.8 Å². The summed E-state index contributed by atoms with van der Waals surface area (Å²) < 4.78 is 29.8. The van der Waals surface area contributed by atoms with Crippen LogP contribution in [-0.2, 0) is 22.3 Å². The molecule has 1 aromatic carbocycles. The number of nitrogens with zero attached hydrogens (tertiary/aromatic N) is 3. The lowest BCUT2D eigenvalue weighted by Crippen LogP contribution is -2.41. The lowest BCUT2D eigenvalue weighted by atomic mass is 9.98. The second-order valence-electron chi connectivity index (χ2n) is 7.89. The Balaban J connectivity index is 1.33. The van der Waals surface area contributed by atoms with E-state index in [0.717, 1.165) is 43.9 Å². The van der Waals surface area contributed by atoms with Gasteiger partial charge in [0, 0.05) is 37.7 Å². The van der Waals surface area contributed by atoms with Gasteiger partial charge in [-0.3, -0.25) is 4.90 Å². The maximum absolute atomic E-state index is 12.4. The van der Waals surface area contributed by atoms with E-state index in [2.05, 4.69) is 25.2 Å². The number of nitrogens with one attached hydrogen (secondary N) is 1. The van der Waals surface area contributed by atoms with E-state index in [0.29, 0.717) is 12.5 Å². The minimum Gasteiger partial charge on any atom is -0.304 e. The maximum Gasteiger partial charge on any atom is 0.215 e. The van der Waals surface area contributed by atoms with Gasteiger partial charge in [0.2, 0.25) is 10.0 Å². The number of rotatable bonds is 8. The largest absolute Gasteiger partial charge is 0.304 e. The molecule has 158 valence electrons. The standard InChI is InChI=1S/C23H28N4O2S/c28-30(29,19-20-8-2-1-3-9-20)25-16-21-10-6-14-26(17-21)18-22-11-7-15-27(22)23-12-4-5-13-24-23/h1-5,7-9,11-13,15,21,25H,6,10,14,16-19H2. The number of hydrogen-bond acceptors (Lipinski definition) is 4. The van der Waals surface area contributed by atoms with Crippen molar-refractivity contribution in [3.05, 3.63) is 84.3 Å². The van der Waals surface area contributed by atoms with Crippen LogP contribution in [0.5, 0.6) is 0 Å². The molecule has 1 aliphatic heterocycles. The van der Waals surface area contributed by atoms with Gasteiger partial charge in [0.1, 0.15) is 5.82 Å². The molecular formula is C23H28N4O2S. The summed E-state index contributed by atoms with van der Waals surface area (Å²) in [6.45, 7) is 3.24. The molecule has 1 fully saturated rings. The Morgan fingerprint density at radius 1 is 1.03 bits per heavy atom. The number of aromatic nitrogens is 2. The van der Waals surface area contributed by atoms with Gasteiger partial charge < -0.3 is 4.57 Å². The molecule has 0 saturated carbocycles. The van der Waals surface area contributed by atoms with Crippen molar-refractivity contribution in [3.8, 4) is 5.82 Å². The molecular weight excluding hydrogens is 396 g/mol. The van der Waals surface area contributed by atoms with Crippen LogP contribution in [-0.4, -0.2) is 42.5 Å². The third kappa shape index (κ3) is 5.56. The molecule has 0 spiro atoms. The van der Waals surface area contributed by atoms with Gasteiger partial charge >= 0.3 is 0 Å². The van der Waals surface area contributed by atoms with Crippen LogP contribution in [0.15, 0.2) is 73.1 Å². The van der Waals surface area contributed by atoms with Crippen molar-refractivity contribution in [2.45, 2.75) is 25.1 Å². The van der Waals surface area contributed by atoms with E-state index in [9.17, 15) is 8.42 Å². The molecule has 30 heavy (non-hydrogen) atoms. The Hall–Kier alpha value is -2.48. The molecule has 0 bridgehead atoms. The second kappa shape index (κ2) is 9.55. The minimum absolute atomic E-state index is 0.0296. The first-order valence-electron chi connectivity index (χ1n) is 10.4. The zero-order valence-corrected chi connectivity index (χ0v) is 17.8. The summed E-state index contributed by atoms with van der Waals surface area (Å²) in [6.07, 6.45) is 5.97. The normalized spacial score (nSPS) is 17.8. The van der Waals surface area contributed by atoms with Crippen molar-refractivity contribution in [3.63, 3.8) is 0 Å². The number of piperidine rings is 1. The second-order valence-corrected chi connectivity index (χ2v) is 9.70. The van der Waals surface area contributed by atoms with Gasteiger partial charge in [0.25, 0.3) is 0 Å². The van der Waals surface area contributed by atoms with Gasteiger partial charge in [-0.25, -0.2) is 18.1 Å². The van der Waals surface area contributed by atoms with E-state index in [-0.39, 0.29) is 5.75 Å². The zero-order chi connectivity index (χ0) is 20.8. The fourth-order valence-corrected chi connectivity index (χ4v) is 5.27. The molecule has 1 unspecified atom stereocenters. The van der Waals surface area contributed by atoms with Gasteiger partial charge in [0.05, 0.1) is 5.75 Å². The SMILES string of the molecule is O=S(=O)(Cc1ccccc1)NCC1CCCN(Cc2cccn2-c2ccccn2)C1. The van der Waals surface area contributed by atoms with Crippen molar-refractivity contribution in [1.82, 2.24) is 19.2 Å². The van der Waals surface area contributed by atoms with Crippen LogP contribution in [0.25, 0.3) is 5.82 Å². The zero-order valence-electron chi connectivity index (χ0n) is 17.0. The molecule has 1 aliphatic rings. The van der Waals surface area contributed by atoms with E-state index >= 15 is 0 Å². The van der Waals surface area contributed by atoms with E-state index < -0.39 is 10.0 Å². The molecule has 0 aliphatic carbocycles. The Morgan fingerprint density at radius 3 is 2.67 bits per heavy atom. The average Bonchev–Trinajstić information content (AvgIpc) is 3.22. The topological polar surface area (TPSA) is 67.2 Å². The minimum atomic E-state index is -3.33. The fraction of sp³-hybridized carbons (Fsp3) is 0.348. The van der Waals surface area contributed by atoms with Gasteiger partial charge in [-0.1, -0.05) is 36.4 Å². The quantitative estimate of drug-likeness (QED) is 0.603. The highest BCUT2D eigenvalue weighted by atomic mass is 32.2. The van der Waals surface area contributed by atoms with E-state index in [1.165, 1.54) is 5.69 Å². The molecule has 0 radical (unpaired) electrons. The third-order valence-electron chi connectivity index (χ3n) is 5.51. The highest BCUT2D eigenvalue weighted by molar-refractivity contribution is 7.88. The van der Waals surface area contributed by atoms with Crippen LogP contribution in [0, 0.1) is 5.92 Å². The van der Waals surface area contributed by atoms with Crippen LogP contribution in [0.3, 0.4) is 0 Å². The summed E-state index contributed by atoms with van der Waals surface area (Å²) in [5.41, 5.74) is 2.00. The van der Waals surface area contributed by atoms with Crippen molar-refractivity contribution >= 4 is 10.0 Å². The summed E-state index contributed by atoms with van der Waals surface area (Å²) in [4.78, 5) is 6.86. The summed E-state index contributed by atoms with van der Waals surface area (Å²) >= 11 is 0. The first kappa shape index (κ1) is 20.8. The summed E-state index contributed by atoms with van der Waals surface area (Å²) in [5.74, 6) is 1.27. The maximum atomic E-state index is 12.4. The Morgan fingerprint density at radius 2 is 1.87 bits per heavy atom. The molecule has 1 N–H and O–H groups in total. The first-order chi connectivity index (χ1) is 14.6. The molecule has 0 amide bonds. The molecule has 1 saturated heterocycles. The average molecular weight is 425 g/mol. The smallest absolute Gasteiger partial charge is 0.215 e. The van der Waals surface area contributed by atoms with Gasteiger partial charge in [-0.2, -0.15) is 0 Å². The molecule has 7 heteroatoms. The van der Waals surface area contributed by atoms with Crippen molar-refractivity contribution in [2.24, 2.45) is 5.92 Å². The number of benzene rings is 1. The van der Waals surface area contributed by atoms with E-state index in [4.69, 9.17) is 0 Å². The molecule has 6 nitrogen and oxygen atoms in total. The number of hydrogen-bond donors (Lipinski definition) is 1. The molecule has 3 heterocycles. The number of pyridine rings is 1. The van der Waals surface area contributed by atoms with Crippen LogP contribution in [0.4, 0.5) is 0 Å². The predicted octanol–water partition coefficient (Wildman–Crippen LogP) is 3.20. The predicted molar refractivity (Wildman–Crippen MR) is 119 cm³/mol. The van der Waals surface area contributed by atoms with Crippen LogP contribution in [0.1, 0.15) is 24.1 Å². The Labute approximate surface area is 178 Å². The molecule has 2 aromatic heterocycles. The van der Waals surface area contributed by atoms with E-state index in [1.54, 1.807) is 6.20 Å². The number of sulfonamides is 1. The monoisotopic (exact) mass is 424 g/mol. The Kier molecular flexibility index (Phi) is 6.62. The third-order valence-corrected chi connectivity index (χ3v) is 6.83. The first-order valence-corrected chi connectivity index (χ1v) is 12.1. The van der Waals surface area contributed by atoms with Crippen molar-refractivity contribution < 1.29 is 8.42 Å². The Bertz CT molecular complexity index is 1040. The summed E-state index contributed by atoms with van der Waals surface area (Å²) in [5, 5.41) is 0. The molecule has 3 aromatic rings. The summed E-state index contributed by atoms with van der Waals surface area (Å²) in [6, 6.07) is 19.4. The molecule has 4 rings (SSSR count). The van der Waals surface area contributed by atoms with Gasteiger partial charge in [0.15, 0.2) is 0 Å². The van der Waals surface area contributed by atoms with Crippen LogP contribution < -0.4 is 4.72 Å². The number of likely N-dealkylation sites (tertiary alicyclic amines) is 1. The lowest BCUT2D eigenvalue weighted by molar-refractivity contribution is 0.166. The van der Waals surface area contributed by atoms with Gasteiger partial charge in [-0.05, 0) is 55.1 Å². The summed E-state index contributed by atoms with van der Waals surface area (Å²) in [7, 11) is -3.33. The van der Waals surface area contributed by atoms with Crippen molar-refractivity contribution in [1.29, 1.82) is 0 Å². The van der Waals surface area contributed by atoms with Crippen molar-refractivity contribution in [2.75, 3.05) is 19.6 Å². The van der Waals surface area contributed by atoms with Crippen LogP contribution in [0.2, 0.25) is 0 Å². The molecule has 1 atom stereocenters. The highest BCUT2D eigenvalue weighted by Gasteiger charge is 2.23. The highest BCUT2D eigenvalue weighted by Crippen LogP contribution is 2.20. The lowest BCUT2D eigenvalue weighted by Gasteiger charge is -2.33. The van der Waals surface area contributed by atoms with Crippen LogP contribution >= 0.6 is 0 Å².